The van der Waals surface area contributed by atoms with Crippen LogP contribution in [-0.4, -0.2) is 25.3 Å². The lowest BCUT2D eigenvalue weighted by molar-refractivity contribution is 0.0950. The minimum absolute atomic E-state index is 0.212. The first-order chi connectivity index (χ1) is 12.6. The maximum atomic E-state index is 13.1. The van der Waals surface area contributed by atoms with Gasteiger partial charge in [0.05, 0.1) is 20.4 Å². The third-order valence-corrected chi connectivity index (χ3v) is 3.84. The van der Waals surface area contributed by atoms with E-state index in [2.05, 4.69) is 10.5 Å². The average molecular weight is 356 g/mol. The summed E-state index contributed by atoms with van der Waals surface area (Å²) in [5.41, 5.74) is 1.80. The van der Waals surface area contributed by atoms with E-state index in [-0.39, 0.29) is 18.3 Å². The summed E-state index contributed by atoms with van der Waals surface area (Å²) < 4.78 is 28.7. The summed E-state index contributed by atoms with van der Waals surface area (Å²) in [6.45, 7) is 0.212. The van der Waals surface area contributed by atoms with Crippen LogP contribution < -0.4 is 14.8 Å². The summed E-state index contributed by atoms with van der Waals surface area (Å²) in [7, 11) is 3.03. The fourth-order valence-electron chi connectivity index (χ4n) is 2.48. The summed E-state index contributed by atoms with van der Waals surface area (Å²) >= 11 is 0. The van der Waals surface area contributed by atoms with Gasteiger partial charge in [0.15, 0.2) is 17.3 Å². The van der Waals surface area contributed by atoms with Gasteiger partial charge in [-0.15, -0.1) is 0 Å². The molecule has 0 atom stereocenters. The van der Waals surface area contributed by atoms with Gasteiger partial charge in [-0.1, -0.05) is 5.16 Å². The van der Waals surface area contributed by atoms with Crippen molar-refractivity contribution in [3.05, 3.63) is 65.6 Å². The predicted molar refractivity (Wildman–Crippen MR) is 92.6 cm³/mol. The molecule has 0 radical (unpaired) electrons. The Bertz CT molecular complexity index is 906. The van der Waals surface area contributed by atoms with Gasteiger partial charge in [0.25, 0.3) is 5.91 Å². The number of methoxy groups -OCH3 is 2. The number of ether oxygens (including phenoxy) is 2. The van der Waals surface area contributed by atoms with Crippen molar-refractivity contribution < 1.29 is 23.2 Å². The average Bonchev–Trinajstić information content (AvgIpc) is 3.14. The molecule has 1 aromatic heterocycles. The van der Waals surface area contributed by atoms with Crippen LogP contribution in [0.15, 0.2) is 53.2 Å². The number of rotatable bonds is 6. The zero-order valence-electron chi connectivity index (χ0n) is 14.3. The Morgan fingerprint density at radius 1 is 1.12 bits per heavy atom. The lowest BCUT2D eigenvalue weighted by atomic mass is 10.1. The van der Waals surface area contributed by atoms with Gasteiger partial charge in [-0.3, -0.25) is 4.79 Å². The molecule has 3 rings (SSSR count). The Kier molecular flexibility index (Phi) is 5.17. The minimum atomic E-state index is -0.337. The molecule has 7 heteroatoms. The number of hydrogen-bond donors (Lipinski definition) is 1. The Morgan fingerprint density at radius 2 is 1.85 bits per heavy atom. The first kappa shape index (κ1) is 17.5. The molecule has 0 bridgehead atoms. The lowest BCUT2D eigenvalue weighted by Crippen LogP contribution is -2.22. The van der Waals surface area contributed by atoms with Crippen LogP contribution in [0.2, 0.25) is 0 Å². The second kappa shape index (κ2) is 7.69. The molecule has 134 valence electrons. The van der Waals surface area contributed by atoms with Crippen LogP contribution in [-0.2, 0) is 6.54 Å². The second-order valence-electron chi connectivity index (χ2n) is 5.44. The number of carbonyl (C=O) groups excluding carboxylic acids is 1. The number of nitrogens with one attached hydrogen (secondary N) is 1. The van der Waals surface area contributed by atoms with E-state index in [4.69, 9.17) is 14.0 Å². The van der Waals surface area contributed by atoms with Crippen LogP contribution in [0.1, 0.15) is 15.9 Å². The summed E-state index contributed by atoms with van der Waals surface area (Å²) in [5, 5.41) is 6.57. The molecule has 0 fully saturated rings. The first-order valence-corrected chi connectivity index (χ1v) is 7.82. The molecule has 0 spiro atoms. The fourth-order valence-corrected chi connectivity index (χ4v) is 2.48. The van der Waals surface area contributed by atoms with Gasteiger partial charge in [-0.2, -0.15) is 0 Å². The Balaban J connectivity index is 1.73. The van der Waals surface area contributed by atoms with Gasteiger partial charge >= 0.3 is 0 Å². The van der Waals surface area contributed by atoms with E-state index >= 15 is 0 Å². The maximum absolute atomic E-state index is 13.1. The fraction of sp³-hybridized carbons (Fsp3) is 0.158. The molecule has 0 aliphatic heterocycles. The molecular formula is C19H17FN2O4. The third-order valence-electron chi connectivity index (χ3n) is 3.84. The Morgan fingerprint density at radius 3 is 2.54 bits per heavy atom. The highest BCUT2D eigenvalue weighted by atomic mass is 19.1. The van der Waals surface area contributed by atoms with Crippen molar-refractivity contribution in [2.75, 3.05) is 14.2 Å². The number of aromatic nitrogens is 1. The number of halogens is 1. The topological polar surface area (TPSA) is 73.6 Å². The molecule has 1 amide bonds. The van der Waals surface area contributed by atoms with Gasteiger partial charge in [0, 0.05) is 23.2 Å². The van der Waals surface area contributed by atoms with Gasteiger partial charge < -0.3 is 19.3 Å². The number of carbonyl (C=O) groups is 1. The molecule has 1 heterocycles. The molecule has 1 N–H and O–H groups in total. The van der Waals surface area contributed by atoms with Crippen LogP contribution >= 0.6 is 0 Å². The van der Waals surface area contributed by atoms with Gasteiger partial charge in [-0.25, -0.2) is 4.39 Å². The highest BCUT2D eigenvalue weighted by Gasteiger charge is 2.14. The standard InChI is InChI=1S/C19H17FN2O4/c1-24-16-8-5-13(9-17(16)25-2)19(23)21-10-14-11-22-26-18(14)12-3-6-15(20)7-4-12/h3-9,11H,10H2,1-2H3,(H,21,23). The second-order valence-corrected chi connectivity index (χ2v) is 5.44. The summed E-state index contributed by atoms with van der Waals surface area (Å²) in [4.78, 5) is 12.4. The van der Waals surface area contributed by atoms with Crippen molar-refractivity contribution in [2.45, 2.75) is 6.54 Å². The van der Waals surface area contributed by atoms with Crippen molar-refractivity contribution in [3.63, 3.8) is 0 Å². The molecule has 0 unspecified atom stereocenters. The summed E-state index contributed by atoms with van der Waals surface area (Å²) in [6.07, 6.45) is 1.52. The Hall–Kier alpha value is -3.35. The molecular weight excluding hydrogens is 339 g/mol. The summed E-state index contributed by atoms with van der Waals surface area (Å²) in [5.74, 6) is 0.880. The van der Waals surface area contributed by atoms with Crippen molar-refractivity contribution in [1.82, 2.24) is 10.5 Å². The van der Waals surface area contributed by atoms with Crippen LogP contribution in [0.4, 0.5) is 4.39 Å². The molecule has 26 heavy (non-hydrogen) atoms. The third kappa shape index (κ3) is 3.66. The van der Waals surface area contributed by atoms with Crippen molar-refractivity contribution in [2.24, 2.45) is 0 Å². The van der Waals surface area contributed by atoms with Gasteiger partial charge in [0.1, 0.15) is 5.82 Å². The number of nitrogens with zero attached hydrogens (tertiary/aromatic N) is 1. The molecule has 0 aliphatic rings. The van der Waals surface area contributed by atoms with E-state index < -0.39 is 0 Å². The number of hydrogen-bond acceptors (Lipinski definition) is 5. The quantitative estimate of drug-likeness (QED) is 0.732. The SMILES string of the molecule is COc1ccc(C(=O)NCc2cnoc2-c2ccc(F)cc2)cc1OC. The first-order valence-electron chi connectivity index (χ1n) is 7.82. The van der Waals surface area contributed by atoms with E-state index in [1.165, 1.54) is 32.5 Å². The van der Waals surface area contributed by atoms with Crippen LogP contribution in [0.5, 0.6) is 11.5 Å². The molecule has 2 aromatic carbocycles. The normalized spacial score (nSPS) is 10.4. The van der Waals surface area contributed by atoms with Crippen molar-refractivity contribution >= 4 is 5.91 Å². The smallest absolute Gasteiger partial charge is 0.251 e. The van der Waals surface area contributed by atoms with Gasteiger partial charge in [-0.05, 0) is 42.5 Å². The van der Waals surface area contributed by atoms with Crippen LogP contribution in [0.3, 0.4) is 0 Å². The lowest BCUT2D eigenvalue weighted by Gasteiger charge is -2.10. The largest absolute Gasteiger partial charge is 0.493 e. The zero-order chi connectivity index (χ0) is 18.5. The molecule has 0 saturated heterocycles. The monoisotopic (exact) mass is 356 g/mol. The van der Waals surface area contributed by atoms with E-state index in [0.29, 0.717) is 33.9 Å². The van der Waals surface area contributed by atoms with E-state index in [1.54, 1.807) is 30.3 Å². The van der Waals surface area contributed by atoms with Crippen LogP contribution in [0.25, 0.3) is 11.3 Å². The summed E-state index contributed by atoms with van der Waals surface area (Å²) in [6, 6.07) is 10.8. The highest BCUT2D eigenvalue weighted by molar-refractivity contribution is 5.94. The number of benzene rings is 2. The van der Waals surface area contributed by atoms with E-state index in [9.17, 15) is 9.18 Å². The van der Waals surface area contributed by atoms with Crippen molar-refractivity contribution in [1.29, 1.82) is 0 Å². The molecule has 0 saturated carbocycles. The van der Waals surface area contributed by atoms with E-state index in [0.717, 1.165) is 0 Å². The molecule has 0 aliphatic carbocycles. The maximum Gasteiger partial charge on any atom is 0.251 e. The van der Waals surface area contributed by atoms with Crippen LogP contribution in [0, 0.1) is 5.82 Å². The van der Waals surface area contributed by atoms with Crippen molar-refractivity contribution in [3.8, 4) is 22.8 Å². The Labute approximate surface area is 149 Å². The van der Waals surface area contributed by atoms with E-state index in [1.807, 2.05) is 0 Å². The zero-order valence-corrected chi connectivity index (χ0v) is 14.3. The minimum Gasteiger partial charge on any atom is -0.493 e. The highest BCUT2D eigenvalue weighted by Crippen LogP contribution is 2.28. The number of amides is 1. The van der Waals surface area contributed by atoms with Gasteiger partial charge in [0.2, 0.25) is 0 Å². The predicted octanol–water partition coefficient (Wildman–Crippen LogP) is 3.43. The molecule has 3 aromatic rings. The molecule has 6 nitrogen and oxygen atoms in total.